The highest BCUT2D eigenvalue weighted by molar-refractivity contribution is 6.00. The molecule has 0 saturated heterocycles. The maximum atomic E-state index is 13.9. The largest absolute Gasteiger partial charge is 0.435 e. The van der Waals surface area contributed by atoms with Crippen molar-refractivity contribution in [1.29, 1.82) is 0 Å². The number of para-hydroxylation sites is 1. The number of benzene rings is 1. The molecule has 5 nitrogen and oxygen atoms in total. The SMILES string of the molecule is CCCN(CC1CC1)/C(=N\O)c1cccnc1Oc1ccccc1F. The normalized spacial score (nSPS) is 14.4. The van der Waals surface area contributed by atoms with E-state index in [2.05, 4.69) is 17.1 Å². The van der Waals surface area contributed by atoms with Gasteiger partial charge in [0.25, 0.3) is 0 Å². The van der Waals surface area contributed by atoms with Crippen LogP contribution >= 0.6 is 0 Å². The Balaban J connectivity index is 1.90. The summed E-state index contributed by atoms with van der Waals surface area (Å²) in [4.78, 5) is 6.26. The van der Waals surface area contributed by atoms with Crippen LogP contribution in [-0.2, 0) is 0 Å². The highest BCUT2D eigenvalue weighted by atomic mass is 19.1. The van der Waals surface area contributed by atoms with Crippen molar-refractivity contribution in [3.8, 4) is 11.6 Å². The number of rotatable bonds is 7. The van der Waals surface area contributed by atoms with Crippen LogP contribution in [0, 0.1) is 11.7 Å². The summed E-state index contributed by atoms with van der Waals surface area (Å²) in [7, 11) is 0. The van der Waals surface area contributed by atoms with Crippen molar-refractivity contribution >= 4 is 5.84 Å². The smallest absolute Gasteiger partial charge is 0.230 e. The van der Waals surface area contributed by atoms with Crippen molar-refractivity contribution in [2.45, 2.75) is 26.2 Å². The second-order valence-corrected chi connectivity index (χ2v) is 6.20. The lowest BCUT2D eigenvalue weighted by Gasteiger charge is -2.25. The number of ether oxygens (including phenoxy) is 1. The van der Waals surface area contributed by atoms with E-state index in [0.29, 0.717) is 17.3 Å². The van der Waals surface area contributed by atoms with Crippen LogP contribution in [0.1, 0.15) is 31.7 Å². The number of halogens is 1. The second-order valence-electron chi connectivity index (χ2n) is 6.20. The fourth-order valence-electron chi connectivity index (χ4n) is 2.73. The first kappa shape index (κ1) is 17.2. The van der Waals surface area contributed by atoms with Gasteiger partial charge in [-0.15, -0.1) is 0 Å². The molecule has 0 unspecified atom stereocenters. The zero-order valence-corrected chi connectivity index (χ0v) is 14.2. The molecule has 0 radical (unpaired) electrons. The molecule has 1 aromatic heterocycles. The number of nitrogens with zero attached hydrogens (tertiary/aromatic N) is 3. The molecule has 0 atom stereocenters. The third-order valence-electron chi connectivity index (χ3n) is 4.12. The Hall–Kier alpha value is -2.63. The van der Waals surface area contributed by atoms with Gasteiger partial charge >= 0.3 is 0 Å². The molecule has 3 rings (SSSR count). The van der Waals surface area contributed by atoms with Crippen LogP contribution in [-0.4, -0.2) is 34.0 Å². The minimum Gasteiger partial charge on any atom is -0.435 e. The zero-order chi connectivity index (χ0) is 17.6. The molecule has 1 heterocycles. The molecule has 6 heteroatoms. The third kappa shape index (κ3) is 4.26. The maximum absolute atomic E-state index is 13.9. The van der Waals surface area contributed by atoms with E-state index < -0.39 is 5.82 Å². The van der Waals surface area contributed by atoms with Gasteiger partial charge in [-0.3, -0.25) is 0 Å². The first-order valence-electron chi connectivity index (χ1n) is 8.57. The van der Waals surface area contributed by atoms with Gasteiger partial charge in [0.2, 0.25) is 5.88 Å². The first-order valence-corrected chi connectivity index (χ1v) is 8.57. The van der Waals surface area contributed by atoms with Crippen molar-refractivity contribution in [3.05, 3.63) is 54.0 Å². The molecule has 25 heavy (non-hydrogen) atoms. The lowest BCUT2D eigenvalue weighted by Crippen LogP contribution is -2.34. The molecule has 1 aliphatic carbocycles. The number of hydrogen-bond donors (Lipinski definition) is 1. The minimum absolute atomic E-state index is 0.0870. The fourth-order valence-corrected chi connectivity index (χ4v) is 2.73. The molecule has 1 aliphatic rings. The average molecular weight is 343 g/mol. The molecular formula is C19H22FN3O2. The van der Waals surface area contributed by atoms with Crippen molar-refractivity contribution in [1.82, 2.24) is 9.88 Å². The van der Waals surface area contributed by atoms with Crippen molar-refractivity contribution in [2.75, 3.05) is 13.1 Å². The number of aromatic nitrogens is 1. The molecule has 1 aromatic carbocycles. The minimum atomic E-state index is -0.468. The molecule has 2 aromatic rings. The van der Waals surface area contributed by atoms with Crippen LogP contribution in [0.5, 0.6) is 11.6 Å². The molecule has 0 spiro atoms. The Morgan fingerprint density at radius 1 is 1.32 bits per heavy atom. The van der Waals surface area contributed by atoms with Crippen LogP contribution in [0.3, 0.4) is 0 Å². The highest BCUT2D eigenvalue weighted by Crippen LogP contribution is 2.31. The molecule has 1 fully saturated rings. The number of pyridine rings is 1. The average Bonchev–Trinajstić information content (AvgIpc) is 3.43. The molecule has 1 saturated carbocycles. The van der Waals surface area contributed by atoms with Gasteiger partial charge in [0.05, 0.1) is 5.56 Å². The van der Waals surface area contributed by atoms with E-state index in [-0.39, 0.29) is 11.6 Å². The lowest BCUT2D eigenvalue weighted by molar-refractivity contribution is 0.296. The highest BCUT2D eigenvalue weighted by Gasteiger charge is 2.28. The first-order chi connectivity index (χ1) is 12.2. The lowest BCUT2D eigenvalue weighted by atomic mass is 10.2. The van der Waals surface area contributed by atoms with Crippen LogP contribution in [0.15, 0.2) is 47.8 Å². The summed E-state index contributed by atoms with van der Waals surface area (Å²) < 4.78 is 19.6. The Morgan fingerprint density at radius 3 is 2.80 bits per heavy atom. The van der Waals surface area contributed by atoms with Crippen molar-refractivity contribution in [2.24, 2.45) is 11.1 Å². The summed E-state index contributed by atoms with van der Waals surface area (Å²) in [5, 5.41) is 13.2. The number of oxime groups is 1. The second kappa shape index (κ2) is 7.96. The Labute approximate surface area is 146 Å². The molecule has 0 aliphatic heterocycles. The molecule has 132 valence electrons. The van der Waals surface area contributed by atoms with Gasteiger partial charge in [0.15, 0.2) is 17.4 Å². The summed E-state index contributed by atoms with van der Waals surface area (Å²) in [5.74, 6) is 0.885. The monoisotopic (exact) mass is 343 g/mol. The summed E-state index contributed by atoms with van der Waals surface area (Å²) in [6, 6.07) is 9.68. The van der Waals surface area contributed by atoms with Gasteiger partial charge in [-0.1, -0.05) is 24.2 Å². The van der Waals surface area contributed by atoms with Gasteiger partial charge in [-0.25, -0.2) is 9.37 Å². The predicted molar refractivity (Wildman–Crippen MR) is 93.6 cm³/mol. The number of hydrogen-bond acceptors (Lipinski definition) is 4. The van der Waals surface area contributed by atoms with Crippen LogP contribution < -0.4 is 4.74 Å². The Morgan fingerprint density at radius 2 is 2.12 bits per heavy atom. The quantitative estimate of drug-likeness (QED) is 0.353. The molecule has 1 N–H and O–H groups in total. The van der Waals surface area contributed by atoms with Gasteiger partial charge < -0.3 is 14.8 Å². The van der Waals surface area contributed by atoms with E-state index >= 15 is 0 Å². The van der Waals surface area contributed by atoms with E-state index in [1.807, 2.05) is 4.90 Å². The third-order valence-corrected chi connectivity index (χ3v) is 4.12. The Kier molecular flexibility index (Phi) is 5.48. The van der Waals surface area contributed by atoms with E-state index in [9.17, 15) is 9.60 Å². The van der Waals surface area contributed by atoms with Gasteiger partial charge in [0.1, 0.15) is 0 Å². The van der Waals surface area contributed by atoms with Gasteiger partial charge in [0, 0.05) is 19.3 Å². The Bertz CT molecular complexity index is 747. The van der Waals surface area contributed by atoms with Gasteiger partial charge in [-0.05, 0) is 49.4 Å². The van der Waals surface area contributed by atoms with Crippen LogP contribution in [0.25, 0.3) is 0 Å². The maximum Gasteiger partial charge on any atom is 0.230 e. The van der Waals surface area contributed by atoms with E-state index in [1.54, 1.807) is 30.5 Å². The van der Waals surface area contributed by atoms with Crippen molar-refractivity contribution in [3.63, 3.8) is 0 Å². The van der Waals surface area contributed by atoms with E-state index in [0.717, 1.165) is 19.5 Å². The van der Waals surface area contributed by atoms with E-state index in [4.69, 9.17) is 4.74 Å². The van der Waals surface area contributed by atoms with Crippen LogP contribution in [0.2, 0.25) is 0 Å². The summed E-state index contributed by atoms with van der Waals surface area (Å²) in [5.41, 5.74) is 0.544. The topological polar surface area (TPSA) is 58.0 Å². The molecule has 0 amide bonds. The predicted octanol–water partition coefficient (Wildman–Crippen LogP) is 4.27. The van der Waals surface area contributed by atoms with E-state index in [1.165, 1.54) is 25.0 Å². The summed E-state index contributed by atoms with van der Waals surface area (Å²) in [6.45, 7) is 3.68. The van der Waals surface area contributed by atoms with Crippen LogP contribution in [0.4, 0.5) is 4.39 Å². The summed E-state index contributed by atoms with van der Waals surface area (Å²) >= 11 is 0. The standard InChI is InChI=1S/C19H22FN3O2/c1-2-12-23(13-14-9-10-14)18(22-24)15-6-5-11-21-19(15)25-17-8-4-3-7-16(17)20/h3-8,11,14,24H,2,9-10,12-13H2,1H3/b22-18-. The zero-order valence-electron chi connectivity index (χ0n) is 14.2. The van der Waals surface area contributed by atoms with Gasteiger partial charge in [-0.2, -0.15) is 0 Å². The number of amidine groups is 1. The molecular weight excluding hydrogens is 321 g/mol. The van der Waals surface area contributed by atoms with Crippen molar-refractivity contribution < 1.29 is 14.3 Å². The fraction of sp³-hybridized carbons (Fsp3) is 0.368. The summed E-state index contributed by atoms with van der Waals surface area (Å²) in [6.07, 6.45) is 4.89. The molecule has 0 bridgehead atoms.